The number of aliphatic hydroxyl groups excluding tert-OH is 1. The van der Waals surface area contributed by atoms with Crippen molar-refractivity contribution < 1.29 is 10.0 Å². The van der Waals surface area contributed by atoms with Gasteiger partial charge >= 0.3 is 5.82 Å². The molecule has 10 heteroatoms. The van der Waals surface area contributed by atoms with Crippen molar-refractivity contribution in [2.45, 2.75) is 13.2 Å². The van der Waals surface area contributed by atoms with Crippen LogP contribution in [-0.2, 0) is 13.2 Å². The maximum absolute atomic E-state index is 11.1. The van der Waals surface area contributed by atoms with E-state index in [2.05, 4.69) is 15.3 Å². The molecule has 20 heavy (non-hydrogen) atoms. The molecule has 0 radical (unpaired) electrons. The molecule has 0 bridgehead atoms. The van der Waals surface area contributed by atoms with Gasteiger partial charge in [-0.25, -0.2) is 4.98 Å². The number of nitrogens with one attached hydrogen (secondary N) is 1. The maximum Gasteiger partial charge on any atom is 0.372 e. The Hall–Kier alpha value is -2.04. The van der Waals surface area contributed by atoms with Gasteiger partial charge < -0.3 is 20.5 Å². The summed E-state index contributed by atoms with van der Waals surface area (Å²) in [7, 11) is 0. The predicted molar refractivity (Wildman–Crippen MR) is 75.1 cm³/mol. The molecule has 0 saturated carbocycles. The van der Waals surface area contributed by atoms with Crippen LogP contribution in [0.4, 0.5) is 11.6 Å². The molecular formula is C10H9N5O3S2. The summed E-state index contributed by atoms with van der Waals surface area (Å²) >= 11 is 2.71. The number of nitro groups is 1. The van der Waals surface area contributed by atoms with Crippen molar-refractivity contribution >= 4 is 39.3 Å². The molecular weight excluding hydrogens is 302 g/mol. The van der Waals surface area contributed by atoms with Crippen molar-refractivity contribution in [3.63, 3.8) is 0 Å². The quantitative estimate of drug-likeness (QED) is 0.550. The van der Waals surface area contributed by atoms with E-state index in [1.807, 2.05) is 0 Å². The zero-order chi connectivity index (χ0) is 14.1. The Labute approximate surface area is 120 Å². The van der Waals surface area contributed by atoms with Gasteiger partial charge in [0.1, 0.15) is 11.2 Å². The lowest BCUT2D eigenvalue weighted by Gasteiger charge is -2.00. The van der Waals surface area contributed by atoms with E-state index in [1.54, 1.807) is 17.0 Å². The highest BCUT2D eigenvalue weighted by Gasteiger charge is 2.23. The summed E-state index contributed by atoms with van der Waals surface area (Å²) in [6, 6.07) is 0. The molecule has 3 aromatic heterocycles. The lowest BCUT2D eigenvalue weighted by atomic mass is 10.5. The van der Waals surface area contributed by atoms with Crippen molar-refractivity contribution in [3.05, 3.63) is 37.8 Å². The average molecular weight is 311 g/mol. The molecule has 8 nitrogen and oxygen atoms in total. The first kappa shape index (κ1) is 13.0. The fraction of sp³-hybridized carbons (Fsp3) is 0.200. The number of rotatable bonds is 5. The molecule has 3 heterocycles. The molecule has 0 amide bonds. The molecule has 3 rings (SSSR count). The molecule has 0 saturated heterocycles. The third kappa shape index (κ3) is 2.24. The molecule has 0 spiro atoms. The van der Waals surface area contributed by atoms with Gasteiger partial charge in [0.05, 0.1) is 18.8 Å². The highest BCUT2D eigenvalue weighted by Crippen LogP contribution is 2.28. The van der Waals surface area contributed by atoms with E-state index in [-0.39, 0.29) is 18.2 Å². The number of aromatic nitrogens is 3. The largest absolute Gasteiger partial charge is 0.390 e. The highest BCUT2D eigenvalue weighted by atomic mass is 32.1. The third-order valence-corrected chi connectivity index (χ3v) is 4.23. The Morgan fingerprint density at radius 1 is 1.45 bits per heavy atom. The molecule has 0 aliphatic carbocycles. The van der Waals surface area contributed by atoms with E-state index in [4.69, 9.17) is 5.11 Å². The summed E-state index contributed by atoms with van der Waals surface area (Å²) in [4.78, 5) is 19.6. The van der Waals surface area contributed by atoms with E-state index >= 15 is 0 Å². The first-order valence-corrected chi connectivity index (χ1v) is 7.33. The van der Waals surface area contributed by atoms with E-state index in [0.29, 0.717) is 17.2 Å². The second-order valence-corrected chi connectivity index (χ2v) is 5.66. The Morgan fingerprint density at radius 2 is 2.30 bits per heavy atom. The van der Waals surface area contributed by atoms with Gasteiger partial charge in [0.25, 0.3) is 4.96 Å². The van der Waals surface area contributed by atoms with Crippen molar-refractivity contribution in [2.75, 3.05) is 5.32 Å². The van der Waals surface area contributed by atoms with Gasteiger partial charge in [0.15, 0.2) is 0 Å². The minimum absolute atomic E-state index is 0.0832. The first-order chi connectivity index (χ1) is 9.69. The summed E-state index contributed by atoms with van der Waals surface area (Å²) in [5.41, 5.74) is 0.590. The summed E-state index contributed by atoms with van der Waals surface area (Å²) in [5, 5.41) is 27.2. The van der Waals surface area contributed by atoms with E-state index < -0.39 is 4.92 Å². The topological polar surface area (TPSA) is 106 Å². The number of anilines is 1. The molecule has 0 atom stereocenters. The van der Waals surface area contributed by atoms with Crippen LogP contribution in [-0.4, -0.2) is 24.4 Å². The summed E-state index contributed by atoms with van der Waals surface area (Å²) in [6.45, 7) is 0.215. The second kappa shape index (κ2) is 5.15. The van der Waals surface area contributed by atoms with Crippen LogP contribution in [0.15, 0.2) is 17.0 Å². The monoisotopic (exact) mass is 311 g/mol. The summed E-state index contributed by atoms with van der Waals surface area (Å²) in [6.07, 6.45) is 1.61. The minimum Gasteiger partial charge on any atom is -0.390 e. The fourth-order valence-corrected chi connectivity index (χ4v) is 3.16. The molecule has 2 N–H and O–H groups in total. The highest BCUT2D eigenvalue weighted by molar-refractivity contribution is 7.15. The van der Waals surface area contributed by atoms with Crippen LogP contribution in [0.2, 0.25) is 0 Å². The van der Waals surface area contributed by atoms with Gasteiger partial charge in [0, 0.05) is 10.8 Å². The second-order valence-electron chi connectivity index (χ2n) is 3.84. The zero-order valence-corrected chi connectivity index (χ0v) is 11.6. The molecule has 0 aliphatic heterocycles. The Balaban J connectivity index is 1.84. The number of imidazole rings is 1. The Kier molecular flexibility index (Phi) is 3.34. The number of hydrogen-bond acceptors (Lipinski definition) is 8. The smallest absolute Gasteiger partial charge is 0.372 e. The summed E-state index contributed by atoms with van der Waals surface area (Å²) in [5.74, 6) is 0.141. The van der Waals surface area contributed by atoms with Crippen LogP contribution in [0.1, 0.15) is 10.7 Å². The van der Waals surface area contributed by atoms with Gasteiger partial charge in [0.2, 0.25) is 5.82 Å². The number of hydrogen-bond donors (Lipinski definition) is 2. The van der Waals surface area contributed by atoms with Gasteiger partial charge in [-0.15, -0.1) is 11.3 Å². The lowest BCUT2D eigenvalue weighted by Crippen LogP contribution is -2.03. The van der Waals surface area contributed by atoms with E-state index in [9.17, 15) is 10.1 Å². The summed E-state index contributed by atoms with van der Waals surface area (Å²) < 4.78 is 1.44. The number of fused-ring (bicyclic) bond motifs is 1. The van der Waals surface area contributed by atoms with Crippen LogP contribution in [0.25, 0.3) is 4.96 Å². The van der Waals surface area contributed by atoms with Crippen molar-refractivity contribution in [1.82, 2.24) is 14.4 Å². The lowest BCUT2D eigenvalue weighted by molar-refractivity contribution is -0.389. The van der Waals surface area contributed by atoms with Gasteiger partial charge in [-0.05, 0) is 4.92 Å². The van der Waals surface area contributed by atoms with Crippen LogP contribution in [0.3, 0.4) is 0 Å². The third-order valence-electron chi connectivity index (χ3n) is 2.58. The normalized spacial score (nSPS) is 11.1. The Morgan fingerprint density at radius 3 is 3.00 bits per heavy atom. The predicted octanol–water partition coefficient (Wildman–Crippen LogP) is 1.86. The van der Waals surface area contributed by atoms with Crippen molar-refractivity contribution in [2.24, 2.45) is 0 Å². The van der Waals surface area contributed by atoms with Crippen LogP contribution >= 0.6 is 22.7 Å². The van der Waals surface area contributed by atoms with Crippen molar-refractivity contribution in [1.29, 1.82) is 0 Å². The number of nitrogens with zero attached hydrogens (tertiary/aromatic N) is 4. The van der Waals surface area contributed by atoms with E-state index in [1.165, 1.54) is 27.1 Å². The van der Waals surface area contributed by atoms with Crippen LogP contribution in [0.5, 0.6) is 0 Å². The van der Waals surface area contributed by atoms with Crippen LogP contribution < -0.4 is 5.32 Å². The number of aliphatic hydroxyl groups is 1. The van der Waals surface area contributed by atoms with Gasteiger partial charge in [-0.3, -0.25) is 0 Å². The maximum atomic E-state index is 11.1. The number of thiazole rings is 2. The first-order valence-electron chi connectivity index (χ1n) is 5.57. The molecule has 0 fully saturated rings. The van der Waals surface area contributed by atoms with Gasteiger partial charge in [-0.2, -0.15) is 9.38 Å². The van der Waals surface area contributed by atoms with Crippen molar-refractivity contribution in [3.8, 4) is 0 Å². The standard InChI is InChI=1S/C10H9N5O3S2/c16-4-6-5-20-7(12-6)3-11-8-9(15(17)18)14-1-2-19-10(14)13-8/h1-2,5,11,16H,3-4H2. The zero-order valence-electron chi connectivity index (χ0n) is 10.0. The molecule has 0 aliphatic rings. The van der Waals surface area contributed by atoms with E-state index in [0.717, 1.165) is 5.01 Å². The molecule has 0 unspecified atom stereocenters. The molecule has 3 aromatic rings. The van der Waals surface area contributed by atoms with Gasteiger partial charge in [-0.1, -0.05) is 11.3 Å². The average Bonchev–Trinajstić information content (AvgIpc) is 3.10. The Bertz CT molecular complexity index is 762. The molecule has 0 aromatic carbocycles. The fourth-order valence-electron chi connectivity index (χ4n) is 1.73. The minimum atomic E-state index is -0.462. The SMILES string of the molecule is O=[N+]([O-])c1c(NCc2nc(CO)cs2)nc2sccn12. The molecule has 104 valence electrons. The van der Waals surface area contributed by atoms with Crippen LogP contribution in [0, 0.1) is 10.1 Å².